The Labute approximate surface area is 125 Å². The molecule has 0 bridgehead atoms. The van der Waals surface area contributed by atoms with E-state index < -0.39 is 0 Å². The Bertz CT molecular complexity index is 556. The normalized spacial score (nSPS) is 11.3. The Balaban J connectivity index is 2.25. The van der Waals surface area contributed by atoms with E-state index in [-0.39, 0.29) is 0 Å². The van der Waals surface area contributed by atoms with Crippen molar-refractivity contribution in [2.45, 2.75) is 6.92 Å². The van der Waals surface area contributed by atoms with Crippen LogP contribution in [0.5, 0.6) is 0 Å². The molecule has 2 aromatic rings. The van der Waals surface area contributed by atoms with Crippen LogP contribution in [0.15, 0.2) is 47.3 Å². The van der Waals surface area contributed by atoms with E-state index in [4.69, 9.17) is 4.42 Å². The molecular weight excluding hydrogens is 414 g/mol. The van der Waals surface area contributed by atoms with Gasteiger partial charge in [-0.25, -0.2) is 0 Å². The van der Waals surface area contributed by atoms with Crippen LogP contribution in [0.1, 0.15) is 11.3 Å². The molecule has 0 aliphatic carbocycles. The number of hydrogen-bond acceptors (Lipinski definition) is 2. The second kappa shape index (κ2) is 5.50. The van der Waals surface area contributed by atoms with Gasteiger partial charge in [-0.3, -0.25) is 4.99 Å². The zero-order valence-corrected chi connectivity index (χ0v) is 13.6. The lowest BCUT2D eigenvalue weighted by Crippen LogP contribution is -1.78. The van der Waals surface area contributed by atoms with Gasteiger partial charge in [0.1, 0.15) is 5.76 Å². The first-order valence-electron chi connectivity index (χ1n) is 4.81. The summed E-state index contributed by atoms with van der Waals surface area (Å²) in [5.74, 6) is 0.700. The summed E-state index contributed by atoms with van der Waals surface area (Å²) in [6.07, 6.45) is 1.70. The van der Waals surface area contributed by atoms with Gasteiger partial charge in [-0.15, -0.1) is 0 Å². The third-order valence-corrected chi connectivity index (χ3v) is 4.36. The smallest absolute Gasteiger partial charge is 0.184 e. The molecule has 0 saturated carbocycles. The maximum absolute atomic E-state index is 5.41. The summed E-state index contributed by atoms with van der Waals surface area (Å²) in [6.45, 7) is 2.02. The van der Waals surface area contributed by atoms with Crippen molar-refractivity contribution >= 4 is 59.7 Å². The molecule has 0 aliphatic heterocycles. The van der Waals surface area contributed by atoms with Crippen LogP contribution in [0.25, 0.3) is 0 Å². The Morgan fingerprint density at radius 1 is 1.18 bits per heavy atom. The van der Waals surface area contributed by atoms with Crippen LogP contribution in [0.3, 0.4) is 0 Å². The fourth-order valence-electron chi connectivity index (χ4n) is 1.32. The number of nitrogens with zero attached hydrogens (tertiary/aromatic N) is 1. The molecule has 1 aromatic carbocycles. The van der Waals surface area contributed by atoms with Gasteiger partial charge in [-0.05, 0) is 62.5 Å². The molecule has 0 spiro atoms. The Hall–Kier alpha value is -0.390. The van der Waals surface area contributed by atoms with Gasteiger partial charge >= 0.3 is 0 Å². The van der Waals surface area contributed by atoms with Crippen LogP contribution in [0.4, 0.5) is 5.69 Å². The summed E-state index contributed by atoms with van der Waals surface area (Å²) >= 11 is 10.1. The maximum atomic E-state index is 5.41. The van der Waals surface area contributed by atoms with Gasteiger partial charge in [0.05, 0.1) is 16.4 Å². The second-order valence-electron chi connectivity index (χ2n) is 3.46. The molecule has 0 aliphatic rings. The first kappa shape index (κ1) is 13.1. The lowest BCUT2D eigenvalue weighted by Gasteiger charge is -1.99. The van der Waals surface area contributed by atoms with Crippen LogP contribution in [0, 0.1) is 6.92 Å². The topological polar surface area (TPSA) is 25.5 Å². The third kappa shape index (κ3) is 3.30. The van der Waals surface area contributed by atoms with Crippen LogP contribution in [-0.4, -0.2) is 6.21 Å². The molecule has 88 valence electrons. The molecular formula is C12H8Br3NO. The Morgan fingerprint density at radius 2 is 1.94 bits per heavy atom. The summed E-state index contributed by atoms with van der Waals surface area (Å²) in [7, 11) is 0. The summed E-state index contributed by atoms with van der Waals surface area (Å²) in [5, 5.41) is 0. The SMILES string of the molecule is Cc1cc(Br)ccc1N=Cc1cc(Br)c(Br)o1. The van der Waals surface area contributed by atoms with Crippen LogP contribution in [-0.2, 0) is 0 Å². The van der Waals surface area contributed by atoms with Gasteiger partial charge in [0.15, 0.2) is 4.67 Å². The molecule has 0 amide bonds. The molecule has 0 fully saturated rings. The standard InChI is InChI=1S/C12H8Br3NO/c1-7-4-8(13)2-3-11(7)16-6-9-5-10(14)12(15)17-9/h2-6H,1H3. The molecule has 1 aromatic heterocycles. The minimum Gasteiger partial charge on any atom is -0.447 e. The van der Waals surface area contributed by atoms with Crippen molar-refractivity contribution in [3.8, 4) is 0 Å². The highest BCUT2D eigenvalue weighted by Gasteiger charge is 2.03. The van der Waals surface area contributed by atoms with E-state index in [9.17, 15) is 0 Å². The number of aryl methyl sites for hydroxylation is 1. The largest absolute Gasteiger partial charge is 0.447 e. The van der Waals surface area contributed by atoms with Gasteiger partial charge in [0.2, 0.25) is 0 Å². The highest BCUT2D eigenvalue weighted by atomic mass is 79.9. The zero-order valence-electron chi connectivity index (χ0n) is 8.88. The van der Waals surface area contributed by atoms with E-state index in [1.807, 2.05) is 31.2 Å². The summed E-state index contributed by atoms with van der Waals surface area (Å²) < 4.78 is 8.02. The molecule has 0 radical (unpaired) electrons. The molecule has 0 atom stereocenters. The summed E-state index contributed by atoms with van der Waals surface area (Å²) in [5.41, 5.74) is 2.04. The van der Waals surface area contributed by atoms with Gasteiger partial charge in [0, 0.05) is 10.5 Å². The lowest BCUT2D eigenvalue weighted by molar-refractivity contribution is 0.533. The number of aliphatic imine (C=N–C) groups is 1. The van der Waals surface area contributed by atoms with E-state index >= 15 is 0 Å². The Kier molecular flexibility index (Phi) is 4.22. The van der Waals surface area contributed by atoms with Crippen molar-refractivity contribution in [3.05, 3.63) is 49.2 Å². The first-order valence-corrected chi connectivity index (χ1v) is 7.19. The average molecular weight is 422 g/mol. The number of rotatable bonds is 2. The van der Waals surface area contributed by atoms with Crippen LogP contribution in [0.2, 0.25) is 0 Å². The molecule has 0 saturated heterocycles. The highest BCUT2D eigenvalue weighted by Crippen LogP contribution is 2.27. The van der Waals surface area contributed by atoms with Gasteiger partial charge < -0.3 is 4.42 Å². The van der Waals surface area contributed by atoms with E-state index in [1.54, 1.807) is 6.21 Å². The minimum absolute atomic E-state index is 0.673. The van der Waals surface area contributed by atoms with E-state index in [0.717, 1.165) is 20.2 Å². The van der Waals surface area contributed by atoms with Crippen molar-refractivity contribution in [2.24, 2.45) is 4.99 Å². The second-order valence-corrected chi connectivity index (χ2v) is 5.95. The quantitative estimate of drug-likeness (QED) is 0.577. The van der Waals surface area contributed by atoms with E-state index in [2.05, 4.69) is 52.8 Å². The van der Waals surface area contributed by atoms with E-state index in [0.29, 0.717) is 10.4 Å². The molecule has 0 N–H and O–H groups in total. The van der Waals surface area contributed by atoms with Crippen molar-refractivity contribution in [1.29, 1.82) is 0 Å². The average Bonchev–Trinajstić information content (AvgIpc) is 2.57. The predicted molar refractivity (Wildman–Crippen MR) is 80.2 cm³/mol. The fraction of sp³-hybridized carbons (Fsp3) is 0.0833. The van der Waals surface area contributed by atoms with Gasteiger partial charge in [0.25, 0.3) is 0 Å². The summed E-state index contributed by atoms with van der Waals surface area (Å²) in [6, 6.07) is 7.82. The maximum Gasteiger partial charge on any atom is 0.184 e. The highest BCUT2D eigenvalue weighted by molar-refractivity contribution is 9.13. The van der Waals surface area contributed by atoms with Crippen molar-refractivity contribution in [2.75, 3.05) is 0 Å². The predicted octanol–water partition coefficient (Wildman–Crippen LogP) is 5.63. The molecule has 2 rings (SSSR count). The van der Waals surface area contributed by atoms with E-state index in [1.165, 1.54) is 0 Å². The molecule has 0 unspecified atom stereocenters. The third-order valence-electron chi connectivity index (χ3n) is 2.15. The number of halogens is 3. The van der Waals surface area contributed by atoms with Gasteiger partial charge in [-0.1, -0.05) is 15.9 Å². The Morgan fingerprint density at radius 3 is 2.53 bits per heavy atom. The van der Waals surface area contributed by atoms with Crippen molar-refractivity contribution < 1.29 is 4.42 Å². The molecule has 1 heterocycles. The number of benzene rings is 1. The lowest BCUT2D eigenvalue weighted by atomic mass is 10.2. The zero-order chi connectivity index (χ0) is 12.4. The monoisotopic (exact) mass is 419 g/mol. The fourth-order valence-corrected chi connectivity index (χ4v) is 2.41. The molecule has 2 nitrogen and oxygen atoms in total. The van der Waals surface area contributed by atoms with Crippen LogP contribution < -0.4 is 0 Å². The summed E-state index contributed by atoms with van der Waals surface area (Å²) in [4.78, 5) is 4.39. The minimum atomic E-state index is 0.673. The molecule has 5 heteroatoms. The number of hydrogen-bond donors (Lipinski definition) is 0. The van der Waals surface area contributed by atoms with Crippen LogP contribution >= 0.6 is 47.8 Å². The first-order chi connectivity index (χ1) is 8.06. The molecule has 17 heavy (non-hydrogen) atoms. The van der Waals surface area contributed by atoms with Crippen molar-refractivity contribution in [3.63, 3.8) is 0 Å². The van der Waals surface area contributed by atoms with Crippen molar-refractivity contribution in [1.82, 2.24) is 0 Å². The van der Waals surface area contributed by atoms with Gasteiger partial charge in [-0.2, -0.15) is 0 Å². The number of furan rings is 1.